The Morgan fingerprint density at radius 1 is 0.957 bits per heavy atom. The number of amides is 1. The van der Waals surface area contributed by atoms with Crippen LogP contribution in [0.2, 0.25) is 0 Å². The number of carbonyl (C=O) groups excluding carboxylic acids is 1. The third kappa shape index (κ3) is 2.99. The van der Waals surface area contributed by atoms with E-state index in [0.29, 0.717) is 12.8 Å². The largest absolute Gasteiger partial charge is 0.288 e. The lowest BCUT2D eigenvalue weighted by atomic mass is 10.2. The van der Waals surface area contributed by atoms with Crippen LogP contribution in [0, 0.1) is 29.2 Å². The molecule has 3 nitrogen and oxygen atoms in total. The molecule has 2 aromatic carbocycles. The number of hydrazine groups is 1. The second-order valence-corrected chi connectivity index (χ2v) is 5.23. The molecule has 0 aromatic heterocycles. The van der Waals surface area contributed by atoms with Crippen LogP contribution in [-0.4, -0.2) is 5.91 Å². The highest BCUT2D eigenvalue weighted by molar-refractivity contribution is 5.98. The van der Waals surface area contributed by atoms with E-state index in [9.17, 15) is 22.4 Å². The minimum absolute atomic E-state index is 0.345. The van der Waals surface area contributed by atoms with E-state index < -0.39 is 29.2 Å². The summed E-state index contributed by atoms with van der Waals surface area (Å²) in [5.41, 5.74) is 1.63. The molecule has 0 heterocycles. The Morgan fingerprint density at radius 2 is 1.57 bits per heavy atom. The predicted octanol–water partition coefficient (Wildman–Crippen LogP) is 4.01. The second kappa shape index (κ2) is 5.91. The van der Waals surface area contributed by atoms with Crippen LogP contribution in [0.5, 0.6) is 0 Å². The summed E-state index contributed by atoms with van der Waals surface area (Å²) < 4.78 is 54.5. The van der Waals surface area contributed by atoms with Gasteiger partial charge in [-0.15, -0.1) is 0 Å². The quantitative estimate of drug-likeness (QED) is 0.681. The molecule has 0 spiro atoms. The highest BCUT2D eigenvalue weighted by Crippen LogP contribution is 2.34. The van der Waals surface area contributed by atoms with E-state index in [1.54, 1.807) is 0 Å². The first-order chi connectivity index (χ1) is 11.0. The highest BCUT2D eigenvalue weighted by Gasteiger charge is 2.36. The van der Waals surface area contributed by atoms with E-state index in [4.69, 9.17) is 0 Å². The summed E-state index contributed by atoms with van der Waals surface area (Å²) in [6.07, 6.45) is 1.22. The van der Waals surface area contributed by atoms with Gasteiger partial charge in [0.05, 0.1) is 5.69 Å². The van der Waals surface area contributed by atoms with Gasteiger partial charge in [0.2, 0.25) is 5.91 Å². The summed E-state index contributed by atoms with van der Waals surface area (Å²) in [7, 11) is 0. The second-order valence-electron chi connectivity index (χ2n) is 5.23. The van der Waals surface area contributed by atoms with Crippen LogP contribution in [0.15, 0.2) is 36.4 Å². The Hall–Kier alpha value is -2.57. The predicted molar refractivity (Wildman–Crippen MR) is 76.5 cm³/mol. The summed E-state index contributed by atoms with van der Waals surface area (Å²) in [6.45, 7) is 0. The fraction of sp³-hybridized carbons (Fsp3) is 0.188. The molecule has 0 unspecified atom stereocenters. The third-order valence-corrected chi connectivity index (χ3v) is 3.50. The zero-order valence-electron chi connectivity index (χ0n) is 11.8. The zero-order valence-corrected chi connectivity index (χ0v) is 11.8. The molecular weight excluding hydrogens is 312 g/mol. The topological polar surface area (TPSA) is 32.3 Å². The molecule has 1 N–H and O–H groups in total. The van der Waals surface area contributed by atoms with Crippen molar-refractivity contribution in [2.24, 2.45) is 5.92 Å². The van der Waals surface area contributed by atoms with E-state index >= 15 is 0 Å². The van der Waals surface area contributed by atoms with Crippen molar-refractivity contribution in [3.63, 3.8) is 0 Å². The van der Waals surface area contributed by atoms with E-state index in [1.165, 1.54) is 24.3 Å². The van der Waals surface area contributed by atoms with Gasteiger partial charge in [0.1, 0.15) is 5.69 Å². The summed E-state index contributed by atoms with van der Waals surface area (Å²) in [6, 6.07) is 6.66. The van der Waals surface area contributed by atoms with Crippen molar-refractivity contribution >= 4 is 17.3 Å². The molecule has 0 radical (unpaired) electrons. The standard InChI is InChI=1S/C16H12F4N2O/c17-10-3-1-5-12(14(10)19)21-22(16(23)9-7-8-9)13-6-2-4-11(18)15(13)20/h1-6,9,21H,7-8H2. The fourth-order valence-corrected chi connectivity index (χ4v) is 2.12. The van der Waals surface area contributed by atoms with Crippen molar-refractivity contribution < 1.29 is 22.4 Å². The lowest BCUT2D eigenvalue weighted by molar-refractivity contribution is -0.119. The number of anilines is 2. The van der Waals surface area contributed by atoms with Gasteiger partial charge in [-0.1, -0.05) is 12.1 Å². The summed E-state index contributed by atoms with van der Waals surface area (Å²) >= 11 is 0. The van der Waals surface area contributed by atoms with Crippen LogP contribution >= 0.6 is 0 Å². The van der Waals surface area contributed by atoms with Gasteiger partial charge in [-0.05, 0) is 37.1 Å². The van der Waals surface area contributed by atoms with Gasteiger partial charge in [-0.2, -0.15) is 0 Å². The number of halogens is 4. The molecule has 1 aliphatic carbocycles. The van der Waals surface area contributed by atoms with Gasteiger partial charge in [-0.25, -0.2) is 22.6 Å². The number of benzene rings is 2. The molecule has 0 saturated heterocycles. The molecule has 1 amide bonds. The molecule has 1 fully saturated rings. The maximum Gasteiger partial charge on any atom is 0.248 e. The van der Waals surface area contributed by atoms with Crippen LogP contribution in [0.4, 0.5) is 28.9 Å². The normalized spacial score (nSPS) is 13.7. The van der Waals surface area contributed by atoms with Gasteiger partial charge in [0, 0.05) is 5.92 Å². The molecular formula is C16H12F4N2O. The van der Waals surface area contributed by atoms with Gasteiger partial charge >= 0.3 is 0 Å². The first kappa shape index (κ1) is 15.3. The maximum absolute atomic E-state index is 14.0. The molecule has 120 valence electrons. The minimum atomic E-state index is -1.24. The Bertz CT molecular complexity index is 762. The molecule has 0 atom stereocenters. The van der Waals surface area contributed by atoms with Crippen molar-refractivity contribution in [2.45, 2.75) is 12.8 Å². The Labute approximate surface area is 129 Å². The van der Waals surface area contributed by atoms with E-state index in [0.717, 1.165) is 17.1 Å². The number of nitrogens with one attached hydrogen (secondary N) is 1. The van der Waals surface area contributed by atoms with E-state index in [-0.39, 0.29) is 17.3 Å². The lowest BCUT2D eigenvalue weighted by Gasteiger charge is -2.25. The summed E-state index contributed by atoms with van der Waals surface area (Å²) in [5, 5.41) is 0.730. The van der Waals surface area contributed by atoms with Crippen molar-refractivity contribution in [2.75, 3.05) is 10.4 Å². The van der Waals surface area contributed by atoms with Crippen molar-refractivity contribution in [1.82, 2.24) is 0 Å². The molecule has 1 saturated carbocycles. The molecule has 1 aliphatic rings. The SMILES string of the molecule is O=C(C1CC1)N(Nc1cccc(F)c1F)c1cccc(F)c1F. The molecule has 7 heteroatoms. The summed E-state index contributed by atoms with van der Waals surface area (Å²) in [4.78, 5) is 12.3. The van der Waals surface area contributed by atoms with Crippen LogP contribution in [0.3, 0.4) is 0 Å². The Morgan fingerprint density at radius 3 is 2.22 bits per heavy atom. The highest BCUT2D eigenvalue weighted by atomic mass is 19.2. The van der Waals surface area contributed by atoms with Crippen LogP contribution in [-0.2, 0) is 4.79 Å². The van der Waals surface area contributed by atoms with Gasteiger partial charge < -0.3 is 0 Å². The van der Waals surface area contributed by atoms with Crippen LogP contribution in [0.25, 0.3) is 0 Å². The molecule has 23 heavy (non-hydrogen) atoms. The van der Waals surface area contributed by atoms with E-state index in [1.807, 2.05) is 0 Å². The lowest BCUT2D eigenvalue weighted by Crippen LogP contribution is -2.38. The maximum atomic E-state index is 14.0. The number of carbonyl (C=O) groups is 1. The molecule has 2 aromatic rings. The fourth-order valence-electron chi connectivity index (χ4n) is 2.12. The first-order valence-corrected chi connectivity index (χ1v) is 6.97. The van der Waals surface area contributed by atoms with E-state index in [2.05, 4.69) is 5.43 Å². The van der Waals surface area contributed by atoms with Gasteiger partial charge in [0.15, 0.2) is 23.3 Å². The van der Waals surface area contributed by atoms with Crippen LogP contribution in [0.1, 0.15) is 12.8 Å². The molecule has 3 rings (SSSR count). The number of hydrogen-bond donors (Lipinski definition) is 1. The minimum Gasteiger partial charge on any atom is -0.288 e. The number of hydrogen-bond acceptors (Lipinski definition) is 2. The first-order valence-electron chi connectivity index (χ1n) is 6.97. The molecule has 0 aliphatic heterocycles. The Balaban J connectivity index is 2.00. The van der Waals surface area contributed by atoms with Crippen molar-refractivity contribution in [3.05, 3.63) is 59.7 Å². The average Bonchev–Trinajstić information content (AvgIpc) is 3.36. The van der Waals surface area contributed by atoms with Crippen molar-refractivity contribution in [1.29, 1.82) is 0 Å². The third-order valence-electron chi connectivity index (χ3n) is 3.50. The number of rotatable bonds is 4. The van der Waals surface area contributed by atoms with Crippen molar-refractivity contribution in [3.8, 4) is 0 Å². The summed E-state index contributed by atoms with van der Waals surface area (Å²) in [5.74, 6) is -5.59. The van der Waals surface area contributed by atoms with Gasteiger partial charge in [-0.3, -0.25) is 10.2 Å². The van der Waals surface area contributed by atoms with Crippen LogP contribution < -0.4 is 10.4 Å². The average molecular weight is 324 g/mol. The Kier molecular flexibility index (Phi) is 3.94. The monoisotopic (exact) mass is 324 g/mol. The van der Waals surface area contributed by atoms with Gasteiger partial charge in [0.25, 0.3) is 0 Å². The smallest absolute Gasteiger partial charge is 0.248 e. The number of nitrogens with zero attached hydrogens (tertiary/aromatic N) is 1. The zero-order chi connectivity index (χ0) is 16.6. The molecule has 0 bridgehead atoms.